The number of anilines is 1. The Morgan fingerprint density at radius 3 is 3.00 bits per heavy atom. The van der Waals surface area contributed by atoms with E-state index in [1.807, 2.05) is 31.3 Å². The zero-order valence-electron chi connectivity index (χ0n) is 8.23. The van der Waals surface area contributed by atoms with Crippen molar-refractivity contribution in [2.24, 2.45) is 5.73 Å². The molecule has 0 fully saturated rings. The standard InChI is InChI=1S/C10H16N2O2/c1-12-8-3-2-4-10(5-8)14-7-9(13)6-11/h2-5,9,12-13H,6-7,11H2,1H3. The number of aliphatic hydroxyl groups excluding tert-OH is 1. The first-order valence-electron chi connectivity index (χ1n) is 4.55. The second kappa shape index (κ2) is 5.47. The lowest BCUT2D eigenvalue weighted by atomic mass is 10.3. The fourth-order valence-electron chi connectivity index (χ4n) is 1.00. The number of aliphatic hydroxyl groups is 1. The predicted octanol–water partition coefficient (Wildman–Crippen LogP) is 0.427. The van der Waals surface area contributed by atoms with E-state index in [-0.39, 0.29) is 13.2 Å². The summed E-state index contributed by atoms with van der Waals surface area (Å²) >= 11 is 0. The Morgan fingerprint density at radius 2 is 2.36 bits per heavy atom. The third-order valence-electron chi connectivity index (χ3n) is 1.84. The van der Waals surface area contributed by atoms with Gasteiger partial charge in [-0.3, -0.25) is 0 Å². The third-order valence-corrected chi connectivity index (χ3v) is 1.84. The molecule has 0 aliphatic rings. The minimum Gasteiger partial charge on any atom is -0.491 e. The quantitative estimate of drug-likeness (QED) is 0.638. The van der Waals surface area contributed by atoms with Crippen LogP contribution in [0.3, 0.4) is 0 Å². The molecule has 4 N–H and O–H groups in total. The molecule has 14 heavy (non-hydrogen) atoms. The summed E-state index contributed by atoms with van der Waals surface area (Å²) in [6.07, 6.45) is -0.603. The molecule has 0 saturated carbocycles. The molecule has 78 valence electrons. The van der Waals surface area contributed by atoms with Crippen molar-refractivity contribution in [3.05, 3.63) is 24.3 Å². The second-order valence-corrected chi connectivity index (χ2v) is 2.98. The monoisotopic (exact) mass is 196 g/mol. The highest BCUT2D eigenvalue weighted by atomic mass is 16.5. The molecule has 0 heterocycles. The summed E-state index contributed by atoms with van der Waals surface area (Å²) in [7, 11) is 1.84. The van der Waals surface area contributed by atoms with Crippen molar-refractivity contribution in [2.75, 3.05) is 25.5 Å². The van der Waals surface area contributed by atoms with Crippen molar-refractivity contribution in [3.63, 3.8) is 0 Å². The van der Waals surface area contributed by atoms with Gasteiger partial charge in [0.25, 0.3) is 0 Å². The van der Waals surface area contributed by atoms with Gasteiger partial charge in [-0.1, -0.05) is 6.07 Å². The molecule has 1 aromatic rings. The molecule has 0 radical (unpaired) electrons. The molecule has 0 amide bonds. The molecule has 1 unspecified atom stereocenters. The van der Waals surface area contributed by atoms with Gasteiger partial charge in [0.1, 0.15) is 18.5 Å². The van der Waals surface area contributed by atoms with Gasteiger partial charge in [0.05, 0.1) is 0 Å². The Morgan fingerprint density at radius 1 is 1.57 bits per heavy atom. The predicted molar refractivity (Wildman–Crippen MR) is 56.5 cm³/mol. The van der Waals surface area contributed by atoms with E-state index in [0.717, 1.165) is 11.4 Å². The lowest BCUT2D eigenvalue weighted by Crippen LogP contribution is -2.26. The molecule has 0 saturated heterocycles. The lowest BCUT2D eigenvalue weighted by Gasteiger charge is -2.10. The molecule has 1 aromatic carbocycles. The molecular weight excluding hydrogens is 180 g/mol. The number of nitrogens with one attached hydrogen (secondary N) is 1. The first-order chi connectivity index (χ1) is 6.76. The molecular formula is C10H16N2O2. The Kier molecular flexibility index (Phi) is 4.22. The van der Waals surface area contributed by atoms with Gasteiger partial charge in [0.2, 0.25) is 0 Å². The van der Waals surface area contributed by atoms with Crippen LogP contribution in [0.15, 0.2) is 24.3 Å². The number of ether oxygens (including phenoxy) is 1. The van der Waals surface area contributed by atoms with Crippen LogP contribution < -0.4 is 15.8 Å². The first kappa shape index (κ1) is 10.8. The molecule has 0 aromatic heterocycles. The van der Waals surface area contributed by atoms with Crippen LogP contribution >= 0.6 is 0 Å². The summed E-state index contributed by atoms with van der Waals surface area (Å²) in [6, 6.07) is 7.52. The largest absolute Gasteiger partial charge is 0.491 e. The van der Waals surface area contributed by atoms with Crippen LogP contribution in [-0.2, 0) is 0 Å². The average molecular weight is 196 g/mol. The highest BCUT2D eigenvalue weighted by Gasteiger charge is 2.02. The number of rotatable bonds is 5. The minimum atomic E-state index is -0.603. The Hall–Kier alpha value is -1.26. The Balaban J connectivity index is 2.50. The van der Waals surface area contributed by atoms with E-state index in [1.54, 1.807) is 0 Å². The third kappa shape index (κ3) is 3.24. The lowest BCUT2D eigenvalue weighted by molar-refractivity contribution is 0.114. The van der Waals surface area contributed by atoms with Crippen molar-refractivity contribution in [1.82, 2.24) is 0 Å². The first-order valence-corrected chi connectivity index (χ1v) is 4.55. The normalized spacial score (nSPS) is 12.2. The topological polar surface area (TPSA) is 67.5 Å². The SMILES string of the molecule is CNc1cccc(OCC(O)CN)c1. The van der Waals surface area contributed by atoms with Crippen LogP contribution in [0.4, 0.5) is 5.69 Å². The molecule has 0 aliphatic carbocycles. The van der Waals surface area contributed by atoms with Gasteiger partial charge in [0, 0.05) is 25.3 Å². The summed E-state index contributed by atoms with van der Waals surface area (Å²) in [4.78, 5) is 0. The van der Waals surface area contributed by atoms with E-state index < -0.39 is 6.10 Å². The van der Waals surface area contributed by atoms with E-state index in [9.17, 15) is 5.11 Å². The minimum absolute atomic E-state index is 0.214. The average Bonchev–Trinajstić information content (AvgIpc) is 2.26. The van der Waals surface area contributed by atoms with Crippen LogP contribution in [-0.4, -0.2) is 31.4 Å². The van der Waals surface area contributed by atoms with Crippen LogP contribution in [0.5, 0.6) is 5.75 Å². The Bertz CT molecular complexity index is 279. The highest BCUT2D eigenvalue weighted by molar-refractivity contribution is 5.47. The van der Waals surface area contributed by atoms with E-state index in [2.05, 4.69) is 5.32 Å². The van der Waals surface area contributed by atoms with Crippen molar-refractivity contribution in [2.45, 2.75) is 6.10 Å². The van der Waals surface area contributed by atoms with Gasteiger partial charge in [-0.2, -0.15) is 0 Å². The maximum absolute atomic E-state index is 9.18. The van der Waals surface area contributed by atoms with Crippen LogP contribution in [0.1, 0.15) is 0 Å². The van der Waals surface area contributed by atoms with E-state index in [4.69, 9.17) is 10.5 Å². The van der Waals surface area contributed by atoms with Gasteiger partial charge < -0.3 is 20.9 Å². The summed E-state index contributed by atoms with van der Waals surface area (Å²) in [5, 5.41) is 12.2. The van der Waals surface area contributed by atoms with Crippen LogP contribution in [0.2, 0.25) is 0 Å². The zero-order valence-corrected chi connectivity index (χ0v) is 8.23. The summed E-state index contributed by atoms with van der Waals surface area (Å²) in [6.45, 7) is 0.440. The summed E-state index contributed by atoms with van der Waals surface area (Å²) < 4.78 is 5.33. The van der Waals surface area contributed by atoms with Crippen molar-refractivity contribution in [3.8, 4) is 5.75 Å². The van der Waals surface area contributed by atoms with Crippen molar-refractivity contribution in [1.29, 1.82) is 0 Å². The molecule has 1 atom stereocenters. The summed E-state index contributed by atoms with van der Waals surface area (Å²) in [5.74, 6) is 0.726. The van der Waals surface area contributed by atoms with Crippen LogP contribution in [0, 0.1) is 0 Å². The fraction of sp³-hybridized carbons (Fsp3) is 0.400. The van der Waals surface area contributed by atoms with Gasteiger partial charge in [0.15, 0.2) is 0 Å². The molecule has 4 nitrogen and oxygen atoms in total. The number of hydrogen-bond donors (Lipinski definition) is 3. The molecule has 0 bridgehead atoms. The molecule has 0 aliphatic heterocycles. The van der Waals surface area contributed by atoms with Crippen LogP contribution in [0.25, 0.3) is 0 Å². The maximum Gasteiger partial charge on any atom is 0.121 e. The molecule has 1 rings (SSSR count). The zero-order chi connectivity index (χ0) is 10.4. The van der Waals surface area contributed by atoms with Crippen molar-refractivity contribution >= 4 is 5.69 Å². The van der Waals surface area contributed by atoms with Gasteiger partial charge in [-0.15, -0.1) is 0 Å². The highest BCUT2D eigenvalue weighted by Crippen LogP contribution is 2.16. The number of hydrogen-bond acceptors (Lipinski definition) is 4. The molecule has 0 spiro atoms. The van der Waals surface area contributed by atoms with Gasteiger partial charge in [-0.05, 0) is 12.1 Å². The van der Waals surface area contributed by atoms with E-state index >= 15 is 0 Å². The van der Waals surface area contributed by atoms with E-state index in [0.29, 0.717) is 0 Å². The fourth-order valence-corrected chi connectivity index (χ4v) is 1.00. The Labute approximate surface area is 83.7 Å². The molecule has 4 heteroatoms. The van der Waals surface area contributed by atoms with Gasteiger partial charge >= 0.3 is 0 Å². The van der Waals surface area contributed by atoms with Crippen molar-refractivity contribution < 1.29 is 9.84 Å². The summed E-state index contributed by atoms with van der Waals surface area (Å²) in [5.41, 5.74) is 6.23. The second-order valence-electron chi connectivity index (χ2n) is 2.98. The van der Waals surface area contributed by atoms with E-state index in [1.165, 1.54) is 0 Å². The smallest absolute Gasteiger partial charge is 0.121 e. The van der Waals surface area contributed by atoms with Gasteiger partial charge in [-0.25, -0.2) is 0 Å². The maximum atomic E-state index is 9.18. The number of nitrogens with two attached hydrogens (primary N) is 1. The number of benzene rings is 1.